The van der Waals surface area contributed by atoms with Crippen LogP contribution in [-0.4, -0.2) is 85.1 Å². The van der Waals surface area contributed by atoms with Gasteiger partial charge in [-0.1, -0.05) is 6.58 Å². The second-order valence-corrected chi connectivity index (χ2v) is 15.9. The van der Waals surface area contributed by atoms with Crippen LogP contribution in [0.25, 0.3) is 0 Å². The number of fused-ring (bicyclic) bond motifs is 1. The number of hydrogen-bond acceptors (Lipinski definition) is 15. The summed E-state index contributed by atoms with van der Waals surface area (Å²) >= 11 is 5.12. The van der Waals surface area contributed by atoms with Crippen LogP contribution in [0.15, 0.2) is 18.7 Å². The average molecular weight is 1040 g/mol. The highest BCUT2D eigenvalue weighted by Gasteiger charge is 2.70. The fourth-order valence-corrected chi connectivity index (χ4v) is 9.82. The first-order valence-electron chi connectivity index (χ1n) is 13.5. The van der Waals surface area contributed by atoms with Crippen LogP contribution in [0.4, 0.5) is 8.78 Å². The van der Waals surface area contributed by atoms with E-state index in [-0.39, 0.29) is 22.0 Å². The van der Waals surface area contributed by atoms with Crippen LogP contribution in [0.5, 0.6) is 5.75 Å². The van der Waals surface area contributed by atoms with Gasteiger partial charge < -0.3 is 33.0 Å². The SMILES string of the molecule is C=CC(C)(C)OC(=O)C1C2CC3C(OC(=O)C31)C2OC(=O)C(=O)Oc1c(I)cc(I)c(C(=O)OCCOC(=O)C(F)(F)S(=O)(=O)[O-])c1I. The lowest BCUT2D eigenvalue weighted by molar-refractivity contribution is -0.176. The van der Waals surface area contributed by atoms with Gasteiger partial charge in [0, 0.05) is 15.4 Å². The lowest BCUT2D eigenvalue weighted by Gasteiger charge is -2.32. The van der Waals surface area contributed by atoms with Gasteiger partial charge in [-0.05, 0) is 100 Å². The average Bonchev–Trinajstić information content (AvgIpc) is 3.60. The first kappa shape index (κ1) is 38.5. The maximum atomic E-state index is 13.2. The van der Waals surface area contributed by atoms with Gasteiger partial charge in [-0.2, -0.15) is 8.78 Å². The Balaban J connectivity index is 1.42. The molecule has 2 bridgehead atoms. The third kappa shape index (κ3) is 7.42. The van der Waals surface area contributed by atoms with E-state index in [1.165, 1.54) is 12.1 Å². The highest BCUT2D eigenvalue weighted by molar-refractivity contribution is 14.1. The van der Waals surface area contributed by atoms with Gasteiger partial charge in [-0.25, -0.2) is 27.6 Å². The molecule has 21 heteroatoms. The van der Waals surface area contributed by atoms with Crippen molar-refractivity contribution >= 4 is 114 Å². The van der Waals surface area contributed by atoms with Gasteiger partial charge in [0.2, 0.25) is 0 Å². The molecule has 1 aliphatic heterocycles. The van der Waals surface area contributed by atoms with E-state index in [0.717, 1.165) is 0 Å². The molecule has 0 amide bonds. The summed E-state index contributed by atoms with van der Waals surface area (Å²) < 4.78 is 89.1. The van der Waals surface area contributed by atoms with Crippen molar-refractivity contribution in [3.63, 3.8) is 0 Å². The fourth-order valence-electron chi connectivity index (χ4n) is 5.52. The molecule has 4 rings (SSSR count). The van der Waals surface area contributed by atoms with E-state index in [0.29, 0.717) is 6.42 Å². The lowest BCUT2D eigenvalue weighted by atomic mass is 9.78. The number of alkyl halides is 2. The second-order valence-electron chi connectivity index (χ2n) is 11.1. The van der Waals surface area contributed by atoms with Crippen LogP contribution in [0, 0.1) is 34.4 Å². The van der Waals surface area contributed by atoms with E-state index in [9.17, 15) is 50.5 Å². The van der Waals surface area contributed by atoms with Gasteiger partial charge in [0.15, 0.2) is 15.9 Å². The van der Waals surface area contributed by atoms with Gasteiger partial charge in [0.25, 0.3) is 0 Å². The summed E-state index contributed by atoms with van der Waals surface area (Å²) in [6, 6.07) is 1.38. The maximum Gasteiger partial charge on any atom is 0.428 e. The van der Waals surface area contributed by atoms with Crippen molar-refractivity contribution in [3.05, 3.63) is 35.0 Å². The molecule has 1 heterocycles. The third-order valence-electron chi connectivity index (χ3n) is 7.71. The predicted octanol–water partition coefficient (Wildman–Crippen LogP) is 2.47. The molecule has 1 saturated heterocycles. The molecule has 15 nitrogen and oxygen atoms in total. The van der Waals surface area contributed by atoms with E-state index in [4.69, 9.17) is 23.7 Å². The Morgan fingerprint density at radius 1 is 1.06 bits per heavy atom. The Morgan fingerprint density at radius 3 is 2.29 bits per heavy atom. The normalized spacial score (nSPS) is 24.4. The number of rotatable bonds is 11. The lowest BCUT2D eigenvalue weighted by Crippen LogP contribution is -2.46. The summed E-state index contributed by atoms with van der Waals surface area (Å²) in [5.41, 5.74) is -1.25. The number of halogens is 5. The summed E-state index contributed by atoms with van der Waals surface area (Å²) in [5.74, 6) is -11.2. The van der Waals surface area contributed by atoms with Gasteiger partial charge in [-0.3, -0.25) is 9.59 Å². The fraction of sp³-hybridized carbons (Fsp3) is 0.481. The molecule has 2 aliphatic carbocycles. The Morgan fingerprint density at radius 2 is 1.69 bits per heavy atom. The molecule has 3 fully saturated rings. The summed E-state index contributed by atoms with van der Waals surface area (Å²) in [7, 11) is -6.35. The molecule has 0 spiro atoms. The molecule has 48 heavy (non-hydrogen) atoms. The third-order valence-corrected chi connectivity index (χ3v) is 11.2. The second kappa shape index (κ2) is 14.2. The van der Waals surface area contributed by atoms with E-state index in [1.807, 2.05) is 0 Å². The zero-order valence-corrected chi connectivity index (χ0v) is 31.7. The monoisotopic (exact) mass is 1040 g/mol. The topological polar surface area (TPSA) is 215 Å². The number of esters is 6. The molecule has 6 atom stereocenters. The minimum absolute atomic E-state index is 0.0313. The molecule has 1 aromatic rings. The number of carbonyl (C=O) groups excluding carboxylic acids is 6. The summed E-state index contributed by atoms with van der Waals surface area (Å²) in [4.78, 5) is 75.6. The Bertz CT molecular complexity index is 1710. The van der Waals surface area contributed by atoms with Crippen LogP contribution in [0.1, 0.15) is 30.6 Å². The van der Waals surface area contributed by atoms with Crippen molar-refractivity contribution in [1.82, 2.24) is 0 Å². The number of benzene rings is 1. The molecular weight excluding hydrogens is 1020 g/mol. The van der Waals surface area contributed by atoms with Crippen LogP contribution >= 0.6 is 67.8 Å². The molecular formula is C27H22F2I3O15S-. The highest BCUT2D eigenvalue weighted by atomic mass is 127. The summed E-state index contributed by atoms with van der Waals surface area (Å²) in [6.07, 6.45) is -0.309. The van der Waals surface area contributed by atoms with Crippen molar-refractivity contribution in [3.8, 4) is 5.75 Å². The van der Waals surface area contributed by atoms with Gasteiger partial charge in [0.05, 0.1) is 24.5 Å². The van der Waals surface area contributed by atoms with Gasteiger partial charge in [-0.15, -0.1) is 0 Å². The Hall–Kier alpha value is -2.26. The van der Waals surface area contributed by atoms with Crippen molar-refractivity contribution in [1.29, 1.82) is 0 Å². The van der Waals surface area contributed by atoms with Crippen LogP contribution in [0.2, 0.25) is 0 Å². The summed E-state index contributed by atoms with van der Waals surface area (Å²) in [5, 5.41) is -5.35. The quantitative estimate of drug-likeness (QED) is 0.0455. The minimum atomic E-state index is -6.35. The smallest absolute Gasteiger partial charge is 0.428 e. The first-order chi connectivity index (χ1) is 22.1. The minimum Gasteiger partial charge on any atom is -0.743 e. The Kier molecular flexibility index (Phi) is 11.4. The van der Waals surface area contributed by atoms with Crippen molar-refractivity contribution in [2.24, 2.45) is 23.7 Å². The summed E-state index contributed by atoms with van der Waals surface area (Å²) in [6.45, 7) is 4.94. The predicted molar refractivity (Wildman–Crippen MR) is 175 cm³/mol. The van der Waals surface area contributed by atoms with Crippen molar-refractivity contribution in [2.45, 2.75) is 43.3 Å². The van der Waals surface area contributed by atoms with E-state index < -0.39 is 106 Å². The van der Waals surface area contributed by atoms with E-state index in [1.54, 1.807) is 81.6 Å². The molecule has 2 saturated carbocycles. The number of ether oxygens (including phenoxy) is 6. The molecule has 6 unspecified atom stereocenters. The van der Waals surface area contributed by atoms with E-state index in [2.05, 4.69) is 11.3 Å². The van der Waals surface area contributed by atoms with Crippen molar-refractivity contribution in [2.75, 3.05) is 13.2 Å². The van der Waals surface area contributed by atoms with Crippen LogP contribution < -0.4 is 4.74 Å². The molecule has 3 aliphatic rings. The zero-order valence-electron chi connectivity index (χ0n) is 24.4. The van der Waals surface area contributed by atoms with Crippen LogP contribution in [0.3, 0.4) is 0 Å². The first-order valence-corrected chi connectivity index (χ1v) is 18.1. The molecule has 262 valence electrons. The molecule has 0 N–H and O–H groups in total. The molecule has 0 aromatic heterocycles. The molecule has 0 radical (unpaired) electrons. The maximum absolute atomic E-state index is 13.2. The highest BCUT2D eigenvalue weighted by Crippen LogP contribution is 2.59. The van der Waals surface area contributed by atoms with Gasteiger partial charge in [0.1, 0.15) is 31.0 Å². The standard InChI is InChI=1S/C27H23F2I3O15S/c1-4-26(2,3)47-22(35)14-10-7-9-13(14)21(34)44-17(9)18(10)45-23(36)24(37)46-19-12(31)8-11(30)15(16(19)32)20(33)42-5-6-43-25(38)27(28,29)48(39,40)41/h4,8-10,13-14,17-18H,1,5-7H2,2-3H3,(H,39,40,41)/p-1. The number of carbonyl (C=O) groups is 6. The van der Waals surface area contributed by atoms with E-state index >= 15 is 0 Å². The van der Waals surface area contributed by atoms with Gasteiger partial charge >= 0.3 is 41.1 Å². The van der Waals surface area contributed by atoms with Crippen molar-refractivity contribution < 1.29 is 78.9 Å². The molecule has 1 aromatic carbocycles. The number of hydrogen-bond donors (Lipinski definition) is 0. The Labute approximate surface area is 311 Å². The zero-order chi connectivity index (χ0) is 36.1. The largest absolute Gasteiger partial charge is 0.743 e. The van der Waals surface area contributed by atoms with Crippen LogP contribution in [-0.2, 0) is 57.8 Å².